The van der Waals surface area contributed by atoms with Gasteiger partial charge in [0, 0.05) is 35.8 Å². The molecule has 2 rings (SSSR count). The van der Waals surface area contributed by atoms with Crippen LogP contribution in [-0.4, -0.2) is 32.8 Å². The predicted octanol–water partition coefficient (Wildman–Crippen LogP) is 4.96. The monoisotopic (exact) mass is 501 g/mol. The number of nitro groups is 2. The number of nitrogens with zero attached hydrogens (tertiary/aromatic N) is 4. The number of rotatable bonds is 8. The second kappa shape index (κ2) is 14.3. The summed E-state index contributed by atoms with van der Waals surface area (Å²) in [6.07, 6.45) is 2.81. The number of hydrogen-bond acceptors (Lipinski definition) is 8. The summed E-state index contributed by atoms with van der Waals surface area (Å²) in [5.74, 6) is -0.161. The molecule has 0 aromatic heterocycles. The van der Waals surface area contributed by atoms with Crippen LogP contribution < -0.4 is 0 Å². The zero-order valence-electron chi connectivity index (χ0n) is 18.3. The van der Waals surface area contributed by atoms with E-state index in [1.807, 2.05) is 0 Å². The molecular formula is C22H22CuN4O6. The van der Waals surface area contributed by atoms with Gasteiger partial charge in [0.2, 0.25) is 0 Å². The number of hydrogen-bond donors (Lipinski definition) is 0. The van der Waals surface area contributed by atoms with Crippen LogP contribution in [0.4, 0.5) is 22.7 Å². The van der Waals surface area contributed by atoms with E-state index in [2.05, 4.69) is 9.98 Å². The molecule has 1 radical (unpaired) electrons. The van der Waals surface area contributed by atoms with E-state index in [1.165, 1.54) is 75.2 Å². The molecule has 0 heterocycles. The van der Waals surface area contributed by atoms with Gasteiger partial charge in [0.1, 0.15) is 0 Å². The largest absolute Gasteiger partial charge is 2.00 e. The molecule has 0 saturated heterocycles. The smallest absolute Gasteiger partial charge is 0.334 e. The number of Topliss-reactive ketones (excluding diaryl/α,β-unsaturated/α-hetero) is 2. The maximum atomic E-state index is 10.8. The molecule has 0 fully saturated rings. The van der Waals surface area contributed by atoms with Crippen molar-refractivity contribution in [2.45, 2.75) is 27.7 Å². The predicted molar refractivity (Wildman–Crippen MR) is 122 cm³/mol. The van der Waals surface area contributed by atoms with Crippen LogP contribution in [0.3, 0.4) is 0 Å². The van der Waals surface area contributed by atoms with Gasteiger partial charge >= 0.3 is 17.1 Å². The maximum absolute atomic E-state index is 10.8. The first-order chi connectivity index (χ1) is 15.0. The van der Waals surface area contributed by atoms with E-state index in [9.17, 15) is 29.8 Å². The average molecular weight is 502 g/mol. The Balaban J connectivity index is 0.000000602. The van der Waals surface area contributed by atoms with Crippen LogP contribution in [0.1, 0.15) is 27.7 Å². The number of aliphatic imine (C=N–C) groups is 2. The van der Waals surface area contributed by atoms with Crippen LogP contribution in [-0.2, 0) is 26.7 Å². The fourth-order valence-corrected chi connectivity index (χ4v) is 2.36. The number of non-ortho nitro benzene ring substituents is 2. The number of benzene rings is 2. The van der Waals surface area contributed by atoms with E-state index in [0.29, 0.717) is 22.8 Å². The van der Waals surface area contributed by atoms with E-state index in [4.69, 9.17) is 0 Å². The molecule has 0 spiro atoms. The third-order valence-corrected chi connectivity index (χ3v) is 3.56. The summed E-state index contributed by atoms with van der Waals surface area (Å²) in [5.41, 5.74) is 2.35. The van der Waals surface area contributed by atoms with Crippen LogP contribution in [0.5, 0.6) is 0 Å². The molecule has 11 heteroatoms. The van der Waals surface area contributed by atoms with Gasteiger partial charge in [-0.2, -0.15) is 0 Å². The molecule has 2 aromatic carbocycles. The van der Waals surface area contributed by atoms with Gasteiger partial charge in [0.25, 0.3) is 11.4 Å². The van der Waals surface area contributed by atoms with Crippen molar-refractivity contribution in [2.75, 3.05) is 0 Å². The SMILES string of the molecule is CC(=O)[CH-]C(C)=Nc1ccc([N+](=O)[O-])cc1.CC(=O)[CH-]C(C)=Nc1ccc([N+](=O)[O-])cc1.[Cu+2]. The Morgan fingerprint density at radius 1 is 0.667 bits per heavy atom. The molecule has 0 atom stereocenters. The zero-order chi connectivity index (χ0) is 24.3. The summed E-state index contributed by atoms with van der Waals surface area (Å²) in [7, 11) is 0. The molecule has 0 unspecified atom stereocenters. The standard InChI is InChI=1S/2C11H11N2O3.Cu/c2*1-8(7-9(2)14)12-10-3-5-11(6-4-10)13(15)16;/h2*3-7H,1-2H3;/q2*-1;+2. The third-order valence-electron chi connectivity index (χ3n) is 3.56. The molecular weight excluding hydrogens is 480 g/mol. The normalized spacial score (nSPS) is 10.7. The van der Waals surface area contributed by atoms with E-state index in [-0.39, 0.29) is 40.0 Å². The Labute approximate surface area is 201 Å². The van der Waals surface area contributed by atoms with Crippen molar-refractivity contribution in [2.24, 2.45) is 9.98 Å². The van der Waals surface area contributed by atoms with Gasteiger partial charge in [-0.25, -0.2) is 0 Å². The minimum absolute atomic E-state index is 0. The fraction of sp³-hybridized carbons (Fsp3) is 0.182. The van der Waals surface area contributed by atoms with Crippen molar-refractivity contribution in [1.29, 1.82) is 0 Å². The summed E-state index contributed by atoms with van der Waals surface area (Å²) in [5, 5.41) is 20.8. The minimum atomic E-state index is -0.470. The summed E-state index contributed by atoms with van der Waals surface area (Å²) in [4.78, 5) is 49.6. The summed E-state index contributed by atoms with van der Waals surface area (Å²) < 4.78 is 0. The Bertz CT molecular complexity index is 962. The minimum Gasteiger partial charge on any atom is -0.334 e. The van der Waals surface area contributed by atoms with E-state index in [1.54, 1.807) is 13.8 Å². The summed E-state index contributed by atoms with van der Waals surface area (Å²) >= 11 is 0. The molecule has 2 aromatic rings. The Morgan fingerprint density at radius 3 is 1.15 bits per heavy atom. The van der Waals surface area contributed by atoms with Crippen LogP contribution in [0.25, 0.3) is 0 Å². The molecule has 0 saturated carbocycles. The quantitative estimate of drug-likeness (QED) is 0.164. The average Bonchev–Trinajstić information content (AvgIpc) is 2.68. The zero-order valence-corrected chi connectivity index (χ0v) is 19.3. The topological polar surface area (TPSA) is 145 Å². The second-order valence-corrected chi connectivity index (χ2v) is 6.56. The Hall–Kier alpha value is -3.82. The Kier molecular flexibility index (Phi) is 12.6. The van der Waals surface area contributed by atoms with Crippen LogP contribution >= 0.6 is 0 Å². The molecule has 177 valence electrons. The molecule has 10 nitrogen and oxygen atoms in total. The van der Waals surface area contributed by atoms with Crippen molar-refractivity contribution >= 4 is 45.7 Å². The van der Waals surface area contributed by atoms with Gasteiger partial charge in [-0.1, -0.05) is 13.8 Å². The molecule has 0 amide bonds. The van der Waals surface area contributed by atoms with Crippen molar-refractivity contribution < 1.29 is 36.5 Å². The first-order valence-corrected chi connectivity index (χ1v) is 9.28. The van der Waals surface area contributed by atoms with Crippen LogP contribution in [0, 0.1) is 33.1 Å². The summed E-state index contributed by atoms with van der Waals surface area (Å²) in [6, 6.07) is 11.6. The van der Waals surface area contributed by atoms with Crippen LogP contribution in [0.15, 0.2) is 58.5 Å². The number of nitro benzene ring substituents is 2. The van der Waals surface area contributed by atoms with Crippen molar-refractivity contribution in [3.05, 3.63) is 81.6 Å². The van der Waals surface area contributed by atoms with Gasteiger partial charge in [-0.3, -0.25) is 43.1 Å². The Morgan fingerprint density at radius 2 is 0.939 bits per heavy atom. The van der Waals surface area contributed by atoms with Gasteiger partial charge in [-0.15, -0.1) is 11.4 Å². The molecule has 0 bridgehead atoms. The molecule has 0 aliphatic rings. The van der Waals surface area contributed by atoms with Gasteiger partial charge in [0.15, 0.2) is 0 Å². The summed E-state index contributed by atoms with van der Waals surface area (Å²) in [6.45, 7) is 6.27. The van der Waals surface area contributed by atoms with Crippen LogP contribution in [0.2, 0.25) is 0 Å². The third kappa shape index (κ3) is 12.0. The molecule has 0 aliphatic heterocycles. The van der Waals surface area contributed by atoms with Crippen molar-refractivity contribution in [3.63, 3.8) is 0 Å². The number of carbonyl (C=O) groups is 2. The van der Waals surface area contributed by atoms with E-state index < -0.39 is 9.85 Å². The first-order valence-electron chi connectivity index (χ1n) is 9.28. The van der Waals surface area contributed by atoms with E-state index >= 15 is 0 Å². The van der Waals surface area contributed by atoms with Crippen molar-refractivity contribution in [3.8, 4) is 0 Å². The van der Waals surface area contributed by atoms with Gasteiger partial charge in [-0.05, 0) is 38.1 Å². The number of carbonyl (C=O) groups excluding carboxylic acids is 2. The molecule has 0 aliphatic carbocycles. The van der Waals surface area contributed by atoms with E-state index in [0.717, 1.165) is 0 Å². The molecule has 0 N–H and O–H groups in total. The first kappa shape index (κ1) is 29.2. The fourth-order valence-electron chi connectivity index (χ4n) is 2.36. The van der Waals surface area contributed by atoms with Gasteiger partial charge in [0.05, 0.1) is 21.2 Å². The van der Waals surface area contributed by atoms with Gasteiger partial charge < -0.3 is 9.59 Å². The maximum Gasteiger partial charge on any atom is 2.00 e. The number of ketones is 2. The second-order valence-electron chi connectivity index (χ2n) is 6.56. The molecule has 33 heavy (non-hydrogen) atoms. The van der Waals surface area contributed by atoms with Crippen molar-refractivity contribution in [1.82, 2.24) is 0 Å².